The highest BCUT2D eigenvalue weighted by atomic mass is 16.4. The standard InChI is InChI=1S/C80H138N26O21/c1-12-42(7)63(65(85)113)105-79(127)64(43(8)13-2)106-73(121)53(26-28-62(111)112)100-68(116)48(21-14-17-29-81)97-76(124)55(34-41(5)6)102-70(118)49(22-15-18-30-82)96-69(117)51(24-20-32-90-80(86)87)99-78(126)57(36-60(84)109)103-71(119)50-23-16-19-31-89-61(110)37-58(75(123)93-45(10)67(115)101-56(77(125)98-50)35-47-38-88-39-91-47)104-72(120)52(25-27-59(83)108)95-66(114)44(9)92-74(122)54(33-40(3)4)94-46(11)107/h38-45,48-58,63-64H,12-37,81-82H2,1-11H3,(H2,83,108)(H2,84,109)(H2,85,113)(H,88,91)(H,89,110)(H,92,122)(H,93,123)(H,94,107)(H,95,114)(H,96,117)(H,97,124)(H,98,125)(H,99,126)(H,100,116)(H,101,115)(H,102,118)(H,103,119)(H,104,120)(H,105,127)(H,106,121)(H,111,112)(H4,86,87,90)/t42-,43-,44-,45-,48-,49-,50-,51-,52-,53-,54-,55-,56-,57-,58-,63-,64-/m0/s1. The Bertz CT molecular complexity index is 3900. The summed E-state index contributed by atoms with van der Waals surface area (Å²) in [5, 5.41) is 50.3. The lowest BCUT2D eigenvalue weighted by atomic mass is 9.94. The van der Waals surface area contributed by atoms with E-state index in [1.807, 2.05) is 0 Å². The number of nitrogens with zero attached hydrogens (tertiary/aromatic N) is 2. The number of aliphatic imine (C=N–C) groups is 1. The van der Waals surface area contributed by atoms with Crippen molar-refractivity contribution < 1.29 is 101 Å². The molecule has 0 bridgehead atoms. The SMILES string of the molecule is CC[C@H](C)[C@H](NC(=O)[C@@H](NC(=O)[C@H](CCC(=O)O)NC(=O)[C@H](CCCCN)NC(=O)[C@H](CC(C)C)NC(=O)[C@H](CCCCN)NC(=O)[C@H](CCCN=C(N)N)NC(=O)[C@H](CC(N)=O)NC(=O)[C@@H]1CCCCNC(=O)C[C@H](NC(=O)[C@H](CCC(N)=O)NC(=O)[C@H](C)NC(=O)[C@H](CC(C)C)NC(C)=O)C(=O)N[C@@H](C)C(=O)N[C@@H](Cc2cnc[nH]2)C(=O)N1)[C@@H](C)CC)C(N)=O. The fourth-order valence-corrected chi connectivity index (χ4v) is 13.2. The van der Waals surface area contributed by atoms with Crippen molar-refractivity contribution in [2.24, 2.45) is 68.8 Å². The van der Waals surface area contributed by atoms with Gasteiger partial charge < -0.3 is 135 Å². The van der Waals surface area contributed by atoms with Gasteiger partial charge in [-0.2, -0.15) is 0 Å². The molecule has 1 aliphatic heterocycles. The van der Waals surface area contributed by atoms with Crippen LogP contribution in [0.2, 0.25) is 0 Å². The van der Waals surface area contributed by atoms with Crippen LogP contribution in [0.5, 0.6) is 0 Å². The number of nitrogens with one attached hydrogen (secondary N) is 17. The Morgan fingerprint density at radius 3 is 1.49 bits per heavy atom. The van der Waals surface area contributed by atoms with E-state index in [2.05, 4.69) is 100 Å². The van der Waals surface area contributed by atoms with Crippen molar-refractivity contribution in [2.75, 3.05) is 26.2 Å². The first-order valence-corrected chi connectivity index (χ1v) is 43.1. The van der Waals surface area contributed by atoms with Gasteiger partial charge >= 0.3 is 5.97 Å². The van der Waals surface area contributed by atoms with Crippen LogP contribution in [-0.4, -0.2) is 256 Å². The Balaban J connectivity index is 2.66. The summed E-state index contributed by atoms with van der Waals surface area (Å²) in [7, 11) is 0. The average molecular weight is 1800 g/mol. The second kappa shape index (κ2) is 58.1. The van der Waals surface area contributed by atoms with Crippen LogP contribution in [0.1, 0.15) is 217 Å². The smallest absolute Gasteiger partial charge is 0.303 e. The first-order chi connectivity index (χ1) is 59.7. The molecule has 19 amide bonds. The molecule has 127 heavy (non-hydrogen) atoms. The van der Waals surface area contributed by atoms with E-state index in [0.717, 1.165) is 0 Å². The van der Waals surface area contributed by atoms with Crippen molar-refractivity contribution in [1.82, 2.24) is 95.0 Å². The molecule has 1 aromatic heterocycles. The highest BCUT2D eigenvalue weighted by Gasteiger charge is 2.40. The Morgan fingerprint density at radius 2 is 0.992 bits per heavy atom. The number of aromatic amines is 1. The maximum atomic E-state index is 14.9. The molecule has 0 radical (unpaired) electrons. The number of rotatable bonds is 54. The molecule has 1 saturated heterocycles. The van der Waals surface area contributed by atoms with E-state index in [1.165, 1.54) is 33.3 Å². The lowest BCUT2D eigenvalue weighted by Gasteiger charge is -2.30. The summed E-state index contributed by atoms with van der Waals surface area (Å²) >= 11 is 0. The minimum Gasteiger partial charge on any atom is -0.481 e. The molecule has 1 aliphatic rings. The molecule has 2 rings (SSSR count). The van der Waals surface area contributed by atoms with Crippen LogP contribution < -0.4 is 125 Å². The maximum absolute atomic E-state index is 14.9. The van der Waals surface area contributed by atoms with Crippen molar-refractivity contribution in [3.8, 4) is 0 Å². The fraction of sp³-hybridized carbons (Fsp3) is 0.700. The molecule has 0 unspecified atom stereocenters. The number of imidazole rings is 1. The summed E-state index contributed by atoms with van der Waals surface area (Å²) < 4.78 is 0. The number of aromatic nitrogens is 2. The topological polar surface area (TPSA) is 777 Å². The number of primary amides is 3. The molecule has 0 aromatic carbocycles. The number of carbonyl (C=O) groups excluding carboxylic acids is 19. The van der Waals surface area contributed by atoms with Crippen molar-refractivity contribution in [2.45, 2.75) is 308 Å². The number of guanidine groups is 1. The van der Waals surface area contributed by atoms with E-state index in [4.69, 9.17) is 40.1 Å². The van der Waals surface area contributed by atoms with Crippen LogP contribution >= 0.6 is 0 Å². The van der Waals surface area contributed by atoms with Crippen molar-refractivity contribution in [1.29, 1.82) is 0 Å². The zero-order valence-electron chi connectivity index (χ0n) is 74.6. The van der Waals surface area contributed by atoms with Gasteiger partial charge in [0, 0.05) is 51.2 Å². The van der Waals surface area contributed by atoms with Gasteiger partial charge in [0.05, 0.1) is 19.2 Å². The molecule has 32 N–H and O–H groups in total. The minimum atomic E-state index is -1.95. The molecular weight excluding hydrogens is 1660 g/mol. The Labute approximate surface area is 738 Å². The molecule has 1 fully saturated rings. The minimum absolute atomic E-state index is 0.0159. The van der Waals surface area contributed by atoms with E-state index >= 15 is 0 Å². The summed E-state index contributed by atoms with van der Waals surface area (Å²) in [6, 6.07) is -22.8. The summed E-state index contributed by atoms with van der Waals surface area (Å²) in [4.78, 5) is 286. The third-order valence-corrected chi connectivity index (χ3v) is 20.7. The normalized spacial score (nSPS) is 18.3. The van der Waals surface area contributed by atoms with Gasteiger partial charge in [-0.05, 0) is 147 Å². The number of hydrogen-bond donors (Lipinski definition) is 25. The quantitative estimate of drug-likeness (QED) is 0.0164. The summed E-state index contributed by atoms with van der Waals surface area (Å²) in [5.41, 5.74) is 40.0. The number of aliphatic carboxylic acids is 1. The zero-order valence-corrected chi connectivity index (χ0v) is 74.6. The van der Waals surface area contributed by atoms with Gasteiger partial charge in [-0.15, -0.1) is 0 Å². The van der Waals surface area contributed by atoms with E-state index in [1.54, 1.807) is 55.4 Å². The average Bonchev–Trinajstić information content (AvgIpc) is 0.920. The van der Waals surface area contributed by atoms with E-state index < -0.39 is 259 Å². The van der Waals surface area contributed by atoms with Gasteiger partial charge in [-0.25, -0.2) is 4.98 Å². The zero-order chi connectivity index (χ0) is 95.9. The van der Waals surface area contributed by atoms with E-state index in [-0.39, 0.29) is 127 Å². The molecule has 0 spiro atoms. The Kier molecular flexibility index (Phi) is 50.8. The molecule has 714 valence electrons. The molecule has 17 atom stereocenters. The number of amides is 19. The molecule has 0 saturated carbocycles. The van der Waals surface area contributed by atoms with Gasteiger partial charge in [-0.1, -0.05) is 68.2 Å². The Hall–Kier alpha value is -12.2. The first-order valence-electron chi connectivity index (χ1n) is 43.1. The molecule has 47 nitrogen and oxygen atoms in total. The van der Waals surface area contributed by atoms with Crippen LogP contribution in [0.25, 0.3) is 0 Å². The van der Waals surface area contributed by atoms with Gasteiger partial charge in [0.2, 0.25) is 112 Å². The number of H-pyrrole nitrogens is 1. The van der Waals surface area contributed by atoms with E-state index in [9.17, 15) is 101 Å². The van der Waals surface area contributed by atoms with Crippen molar-refractivity contribution in [3.05, 3.63) is 18.2 Å². The number of hydrogen-bond acceptors (Lipinski definition) is 24. The van der Waals surface area contributed by atoms with Crippen LogP contribution in [0.3, 0.4) is 0 Å². The summed E-state index contributed by atoms with van der Waals surface area (Å²) in [6.07, 6.45) is -0.613. The van der Waals surface area contributed by atoms with Crippen molar-refractivity contribution >= 4 is 124 Å². The third kappa shape index (κ3) is 43.0. The second-order valence-corrected chi connectivity index (χ2v) is 32.7. The van der Waals surface area contributed by atoms with Gasteiger partial charge in [0.1, 0.15) is 90.6 Å². The number of carbonyl (C=O) groups is 20. The first kappa shape index (κ1) is 111. The number of nitrogens with two attached hydrogens (primary N) is 7. The molecule has 0 aliphatic carbocycles. The number of carboxylic acids is 1. The summed E-state index contributed by atoms with van der Waals surface area (Å²) in [5.74, 6) is -21.3. The highest BCUT2D eigenvalue weighted by Crippen LogP contribution is 2.18. The molecule has 1 aromatic rings. The lowest BCUT2D eigenvalue weighted by molar-refractivity contribution is -0.139. The third-order valence-electron chi connectivity index (χ3n) is 20.7. The number of carboxylic acid groups (broad SMARTS) is 1. The monoisotopic (exact) mass is 1800 g/mol. The molecule has 2 heterocycles. The van der Waals surface area contributed by atoms with Crippen LogP contribution in [0.4, 0.5) is 0 Å². The Morgan fingerprint density at radius 1 is 0.512 bits per heavy atom. The largest absolute Gasteiger partial charge is 0.481 e. The lowest BCUT2D eigenvalue weighted by Crippen LogP contribution is -2.61. The highest BCUT2D eigenvalue weighted by molar-refractivity contribution is 6.02. The van der Waals surface area contributed by atoms with Gasteiger partial charge in [0.15, 0.2) is 5.96 Å². The van der Waals surface area contributed by atoms with E-state index in [0.29, 0.717) is 25.7 Å². The molecule has 47 heteroatoms. The maximum Gasteiger partial charge on any atom is 0.303 e. The van der Waals surface area contributed by atoms with Gasteiger partial charge in [0.25, 0.3) is 0 Å². The second-order valence-electron chi connectivity index (χ2n) is 32.7. The van der Waals surface area contributed by atoms with Gasteiger partial charge in [-0.3, -0.25) is 101 Å². The molecular formula is C80H138N26O21. The number of unbranched alkanes of at least 4 members (excludes halogenated alkanes) is 2. The van der Waals surface area contributed by atoms with Crippen molar-refractivity contribution in [3.63, 3.8) is 0 Å². The van der Waals surface area contributed by atoms with Crippen LogP contribution in [-0.2, 0) is 102 Å². The predicted octanol–water partition coefficient (Wildman–Crippen LogP) is -7.04. The predicted molar refractivity (Wildman–Crippen MR) is 462 cm³/mol. The summed E-state index contributed by atoms with van der Waals surface area (Å²) in [6.45, 7) is 17.5. The van der Waals surface area contributed by atoms with Crippen LogP contribution in [0, 0.1) is 23.7 Å². The fourth-order valence-electron chi connectivity index (χ4n) is 13.2. The van der Waals surface area contributed by atoms with Crippen LogP contribution in [0.15, 0.2) is 17.5 Å².